The number of esters is 1. The molecule has 0 N–H and O–H groups in total. The first-order valence-corrected chi connectivity index (χ1v) is 5.94. The number of azide groups is 1. The van der Waals surface area contributed by atoms with Crippen molar-refractivity contribution in [2.24, 2.45) is 11.0 Å². The number of hydrogen-bond acceptors (Lipinski definition) is 3. The molecule has 1 saturated carbocycles. The van der Waals surface area contributed by atoms with Crippen molar-refractivity contribution >= 4 is 5.97 Å². The van der Waals surface area contributed by atoms with Crippen LogP contribution in [0.5, 0.6) is 0 Å². The van der Waals surface area contributed by atoms with E-state index < -0.39 is 5.54 Å². The molecule has 1 aliphatic rings. The van der Waals surface area contributed by atoms with Gasteiger partial charge in [-0.2, -0.15) is 0 Å². The van der Waals surface area contributed by atoms with Gasteiger partial charge in [0, 0.05) is 4.91 Å². The van der Waals surface area contributed by atoms with Crippen molar-refractivity contribution in [3.63, 3.8) is 0 Å². The summed E-state index contributed by atoms with van der Waals surface area (Å²) in [5, 5.41) is 3.83. The molecule has 1 fully saturated rings. The highest BCUT2D eigenvalue weighted by molar-refractivity contribution is 5.79. The van der Waals surface area contributed by atoms with Gasteiger partial charge in [-0.15, -0.1) is 0 Å². The Bertz CT molecular complexity index is 505. The number of benzene rings is 1. The van der Waals surface area contributed by atoms with E-state index in [-0.39, 0.29) is 11.9 Å². The van der Waals surface area contributed by atoms with E-state index in [1.165, 1.54) is 0 Å². The summed E-state index contributed by atoms with van der Waals surface area (Å²) in [4.78, 5) is 14.6. The molecular weight excluding hydrogens is 230 g/mol. The highest BCUT2D eigenvalue weighted by Gasteiger charge is 2.60. The van der Waals surface area contributed by atoms with E-state index in [1.54, 1.807) is 6.92 Å². The minimum atomic E-state index is -0.741. The Morgan fingerprint density at radius 3 is 2.78 bits per heavy atom. The first-order valence-electron chi connectivity index (χ1n) is 5.94. The van der Waals surface area contributed by atoms with Crippen LogP contribution < -0.4 is 0 Å². The molecule has 1 aliphatic carbocycles. The second-order valence-corrected chi connectivity index (χ2v) is 4.49. The first kappa shape index (κ1) is 12.5. The van der Waals surface area contributed by atoms with E-state index in [9.17, 15) is 4.79 Å². The van der Waals surface area contributed by atoms with Crippen molar-refractivity contribution < 1.29 is 9.53 Å². The summed E-state index contributed by atoms with van der Waals surface area (Å²) >= 11 is 0. The van der Waals surface area contributed by atoms with Crippen LogP contribution in [-0.4, -0.2) is 12.6 Å². The Morgan fingerprint density at radius 2 is 2.22 bits per heavy atom. The highest BCUT2D eigenvalue weighted by Crippen LogP contribution is 2.56. The molecule has 0 bridgehead atoms. The third-order valence-corrected chi connectivity index (χ3v) is 3.28. The van der Waals surface area contributed by atoms with Crippen LogP contribution >= 0.6 is 0 Å². The summed E-state index contributed by atoms with van der Waals surface area (Å²) in [6, 6.07) is 7.71. The summed E-state index contributed by atoms with van der Waals surface area (Å²) in [6.45, 7) is 4.09. The minimum absolute atomic E-state index is 0.287. The molecule has 5 heteroatoms. The lowest BCUT2D eigenvalue weighted by Gasteiger charge is -2.11. The maximum atomic E-state index is 11.7. The largest absolute Gasteiger partial charge is 0.466 e. The topological polar surface area (TPSA) is 75.1 Å². The third kappa shape index (κ3) is 2.05. The molecule has 2 unspecified atom stereocenters. The molecular formula is C13H15N3O2. The van der Waals surface area contributed by atoms with Crippen LogP contribution in [-0.2, 0) is 15.1 Å². The Morgan fingerprint density at radius 1 is 1.56 bits per heavy atom. The number of aryl methyl sites for hydroxylation is 1. The van der Waals surface area contributed by atoms with Crippen LogP contribution in [0.1, 0.15) is 24.5 Å². The number of carbonyl (C=O) groups excluding carboxylic acids is 1. The summed E-state index contributed by atoms with van der Waals surface area (Å²) in [7, 11) is 0. The SMILES string of the molecule is CCOC(=O)C1CC1(N=[N+]=[N-])c1ccc(C)cc1. The lowest BCUT2D eigenvalue weighted by molar-refractivity contribution is -0.145. The number of hydrogen-bond donors (Lipinski definition) is 0. The zero-order chi connectivity index (χ0) is 13.2. The van der Waals surface area contributed by atoms with E-state index >= 15 is 0 Å². The van der Waals surface area contributed by atoms with Crippen LogP contribution in [0.25, 0.3) is 10.4 Å². The molecule has 0 aliphatic heterocycles. The van der Waals surface area contributed by atoms with Gasteiger partial charge in [0.1, 0.15) is 0 Å². The van der Waals surface area contributed by atoms with Crippen LogP contribution in [0.15, 0.2) is 29.4 Å². The van der Waals surface area contributed by atoms with Gasteiger partial charge in [0.05, 0.1) is 18.1 Å². The van der Waals surface area contributed by atoms with E-state index in [1.807, 2.05) is 31.2 Å². The second-order valence-electron chi connectivity index (χ2n) is 4.49. The van der Waals surface area contributed by atoms with E-state index in [0.717, 1.165) is 11.1 Å². The fourth-order valence-corrected chi connectivity index (χ4v) is 2.18. The van der Waals surface area contributed by atoms with Gasteiger partial charge in [-0.25, -0.2) is 0 Å². The van der Waals surface area contributed by atoms with Crippen molar-refractivity contribution in [1.29, 1.82) is 0 Å². The molecule has 2 rings (SSSR count). The quantitative estimate of drug-likeness (QED) is 0.354. The van der Waals surface area contributed by atoms with Gasteiger partial charge in [0.15, 0.2) is 0 Å². The smallest absolute Gasteiger partial charge is 0.309 e. The van der Waals surface area contributed by atoms with Crippen LogP contribution in [0.3, 0.4) is 0 Å². The van der Waals surface area contributed by atoms with Crippen molar-refractivity contribution in [1.82, 2.24) is 0 Å². The predicted molar refractivity (Wildman–Crippen MR) is 66.7 cm³/mol. The van der Waals surface area contributed by atoms with Gasteiger partial charge in [0.25, 0.3) is 0 Å². The van der Waals surface area contributed by atoms with Crippen molar-refractivity contribution in [3.05, 3.63) is 45.8 Å². The highest BCUT2D eigenvalue weighted by atomic mass is 16.5. The summed E-state index contributed by atoms with van der Waals surface area (Å²) < 4.78 is 4.99. The fraction of sp³-hybridized carbons (Fsp3) is 0.462. The number of nitrogens with zero attached hydrogens (tertiary/aromatic N) is 3. The normalized spacial score (nSPS) is 25.1. The van der Waals surface area contributed by atoms with Gasteiger partial charge in [-0.1, -0.05) is 34.9 Å². The Hall–Kier alpha value is -2.00. The Labute approximate surface area is 105 Å². The summed E-state index contributed by atoms with van der Waals surface area (Å²) in [5.74, 6) is -0.637. The van der Waals surface area contributed by atoms with E-state index in [0.29, 0.717) is 13.0 Å². The molecule has 1 aromatic carbocycles. The van der Waals surface area contributed by atoms with Gasteiger partial charge in [0.2, 0.25) is 0 Å². The van der Waals surface area contributed by atoms with E-state index in [2.05, 4.69) is 10.0 Å². The standard InChI is InChI=1S/C13H15N3O2/c1-3-18-12(17)11-8-13(11,15-16-14)10-6-4-9(2)5-7-10/h4-7,11H,3,8H2,1-2H3. The zero-order valence-electron chi connectivity index (χ0n) is 10.5. The maximum Gasteiger partial charge on any atom is 0.309 e. The van der Waals surface area contributed by atoms with E-state index in [4.69, 9.17) is 10.3 Å². The molecule has 1 aromatic rings. The molecule has 0 heterocycles. The fourth-order valence-electron chi connectivity index (χ4n) is 2.18. The summed E-state index contributed by atoms with van der Waals surface area (Å²) in [6.07, 6.45) is 0.527. The van der Waals surface area contributed by atoms with Crippen LogP contribution in [0, 0.1) is 12.8 Å². The minimum Gasteiger partial charge on any atom is -0.466 e. The molecule has 94 valence electrons. The predicted octanol–water partition coefficient (Wildman–Crippen LogP) is 3.08. The number of ether oxygens (including phenoxy) is 1. The molecule has 0 amide bonds. The average molecular weight is 245 g/mol. The van der Waals surface area contributed by atoms with Gasteiger partial charge in [-0.05, 0) is 31.4 Å². The monoisotopic (exact) mass is 245 g/mol. The number of rotatable bonds is 4. The Balaban J connectivity index is 2.28. The lowest BCUT2D eigenvalue weighted by Crippen LogP contribution is -2.15. The molecule has 0 radical (unpaired) electrons. The van der Waals surface area contributed by atoms with Gasteiger partial charge >= 0.3 is 5.97 Å². The first-order chi connectivity index (χ1) is 8.64. The molecule has 0 aromatic heterocycles. The van der Waals surface area contributed by atoms with Crippen LogP contribution in [0.4, 0.5) is 0 Å². The lowest BCUT2D eigenvalue weighted by atomic mass is 10.0. The second kappa shape index (κ2) is 4.70. The van der Waals surface area contributed by atoms with Crippen molar-refractivity contribution in [3.8, 4) is 0 Å². The maximum absolute atomic E-state index is 11.7. The third-order valence-electron chi connectivity index (χ3n) is 3.28. The Kier molecular flexibility index (Phi) is 3.26. The van der Waals surface area contributed by atoms with Gasteiger partial charge in [-0.3, -0.25) is 4.79 Å². The van der Waals surface area contributed by atoms with Crippen molar-refractivity contribution in [2.45, 2.75) is 25.8 Å². The molecule has 18 heavy (non-hydrogen) atoms. The molecule has 2 atom stereocenters. The molecule has 0 spiro atoms. The molecule has 0 saturated heterocycles. The zero-order valence-corrected chi connectivity index (χ0v) is 10.5. The van der Waals surface area contributed by atoms with Crippen LogP contribution in [0.2, 0.25) is 0 Å². The average Bonchev–Trinajstić information content (AvgIpc) is 3.06. The molecule has 5 nitrogen and oxygen atoms in total. The summed E-state index contributed by atoms with van der Waals surface area (Å²) in [5.41, 5.74) is 9.96. The van der Waals surface area contributed by atoms with Gasteiger partial charge < -0.3 is 4.74 Å². The van der Waals surface area contributed by atoms with Crippen molar-refractivity contribution in [2.75, 3.05) is 6.61 Å². The number of carbonyl (C=O) groups is 1.